The van der Waals surface area contributed by atoms with Crippen molar-refractivity contribution in [1.29, 1.82) is 0 Å². The van der Waals surface area contributed by atoms with Gasteiger partial charge >= 0.3 is 23.9 Å². The van der Waals surface area contributed by atoms with E-state index in [-0.39, 0.29) is 17.5 Å². The molecule has 1 aliphatic rings. The molecular formula is C24H25ClN2O10S. The van der Waals surface area contributed by atoms with Crippen LogP contribution in [-0.2, 0) is 42.9 Å². The molecule has 2 aromatic rings. The minimum Gasteiger partial charge on any atom is -0.463 e. The van der Waals surface area contributed by atoms with Crippen LogP contribution in [0.25, 0.3) is 0 Å². The number of halogens is 1. The van der Waals surface area contributed by atoms with E-state index in [9.17, 15) is 24.0 Å². The highest BCUT2D eigenvalue weighted by molar-refractivity contribution is 7.17. The molecule has 0 unspecified atom stereocenters. The van der Waals surface area contributed by atoms with Crippen molar-refractivity contribution in [1.82, 2.24) is 4.98 Å². The summed E-state index contributed by atoms with van der Waals surface area (Å²) in [5, 5.41) is 3.62. The lowest BCUT2D eigenvalue weighted by molar-refractivity contribution is -0.247. The summed E-state index contributed by atoms with van der Waals surface area (Å²) in [4.78, 5) is 64.5. The number of rotatable bonds is 9. The van der Waals surface area contributed by atoms with E-state index in [0.29, 0.717) is 15.5 Å². The van der Waals surface area contributed by atoms with Crippen LogP contribution < -0.4 is 5.32 Å². The van der Waals surface area contributed by atoms with E-state index in [4.69, 9.17) is 35.3 Å². The second-order valence-corrected chi connectivity index (χ2v) is 9.60. The Balaban J connectivity index is 1.92. The molecular weight excluding hydrogens is 544 g/mol. The molecule has 14 heteroatoms. The van der Waals surface area contributed by atoms with Crippen LogP contribution >= 0.6 is 22.9 Å². The van der Waals surface area contributed by atoms with Crippen molar-refractivity contribution >= 4 is 57.7 Å². The highest BCUT2D eigenvalue weighted by Gasteiger charge is 2.52. The number of anilines is 1. The number of ketones is 1. The monoisotopic (exact) mass is 568 g/mol. The zero-order valence-electron chi connectivity index (χ0n) is 20.8. The first-order valence-corrected chi connectivity index (χ1v) is 12.5. The second kappa shape index (κ2) is 12.8. The van der Waals surface area contributed by atoms with Gasteiger partial charge in [0.25, 0.3) is 0 Å². The van der Waals surface area contributed by atoms with Crippen molar-refractivity contribution in [3.63, 3.8) is 0 Å². The van der Waals surface area contributed by atoms with Crippen LogP contribution in [0, 0.1) is 0 Å². The lowest BCUT2D eigenvalue weighted by Crippen LogP contribution is -2.64. The number of carbonyl (C=O) groups excluding carboxylic acids is 5. The molecule has 1 saturated heterocycles. The normalized spacial score (nSPS) is 22.6. The van der Waals surface area contributed by atoms with Crippen LogP contribution in [0.1, 0.15) is 42.9 Å². The summed E-state index contributed by atoms with van der Waals surface area (Å²) in [6, 6.07) is 6.34. The molecule has 1 aromatic heterocycles. The van der Waals surface area contributed by atoms with Crippen LogP contribution in [0.15, 0.2) is 30.5 Å². The predicted molar refractivity (Wildman–Crippen MR) is 133 cm³/mol. The van der Waals surface area contributed by atoms with E-state index in [2.05, 4.69) is 10.3 Å². The minimum atomic E-state index is -1.33. The van der Waals surface area contributed by atoms with Gasteiger partial charge in [-0.05, 0) is 24.3 Å². The Labute approximate surface area is 226 Å². The molecule has 2 heterocycles. The van der Waals surface area contributed by atoms with Crippen molar-refractivity contribution < 1.29 is 47.7 Å². The van der Waals surface area contributed by atoms with E-state index in [1.807, 2.05) is 0 Å². The van der Waals surface area contributed by atoms with Gasteiger partial charge in [-0.2, -0.15) is 0 Å². The third kappa shape index (κ3) is 7.73. The summed E-state index contributed by atoms with van der Waals surface area (Å²) in [5.74, 6) is -3.15. The first-order chi connectivity index (χ1) is 17.9. The summed E-state index contributed by atoms with van der Waals surface area (Å²) >= 11 is 6.89. The molecule has 0 bridgehead atoms. The maximum absolute atomic E-state index is 12.8. The van der Waals surface area contributed by atoms with Crippen LogP contribution in [0.2, 0.25) is 5.02 Å². The number of esters is 4. The molecule has 0 radical (unpaired) electrons. The Bertz CT molecular complexity index is 1200. The highest BCUT2D eigenvalue weighted by Crippen LogP contribution is 2.31. The fourth-order valence-corrected chi connectivity index (χ4v) is 4.59. The second-order valence-electron chi connectivity index (χ2n) is 8.13. The average Bonchev–Trinajstić information content (AvgIpc) is 3.29. The molecule has 0 spiro atoms. The number of nitrogens with zero attached hydrogens (tertiary/aromatic N) is 1. The molecule has 204 valence electrons. The number of aromatic nitrogens is 1. The number of hydrogen-bond acceptors (Lipinski definition) is 13. The van der Waals surface area contributed by atoms with E-state index in [1.54, 1.807) is 24.3 Å². The van der Waals surface area contributed by atoms with Gasteiger partial charge in [0, 0.05) is 38.3 Å². The Kier molecular flexibility index (Phi) is 9.78. The summed E-state index contributed by atoms with van der Waals surface area (Å²) in [6.07, 6.45) is -4.89. The van der Waals surface area contributed by atoms with E-state index >= 15 is 0 Å². The fourth-order valence-electron chi connectivity index (χ4n) is 3.66. The summed E-state index contributed by atoms with van der Waals surface area (Å²) < 4.78 is 27.2. The van der Waals surface area contributed by atoms with Crippen molar-refractivity contribution in [2.75, 3.05) is 11.9 Å². The van der Waals surface area contributed by atoms with Crippen molar-refractivity contribution in [2.24, 2.45) is 0 Å². The van der Waals surface area contributed by atoms with Gasteiger partial charge in [0.15, 0.2) is 29.7 Å². The zero-order chi connectivity index (χ0) is 28.0. The van der Waals surface area contributed by atoms with Gasteiger partial charge < -0.3 is 29.0 Å². The third-order valence-corrected chi connectivity index (χ3v) is 6.27. The number of hydrogen-bond donors (Lipinski definition) is 1. The molecule has 3 rings (SSSR count). The van der Waals surface area contributed by atoms with Gasteiger partial charge in [0.2, 0.25) is 5.78 Å². The summed E-state index contributed by atoms with van der Waals surface area (Å²) in [7, 11) is 0. The quantitative estimate of drug-likeness (QED) is 0.268. The number of thiazole rings is 1. The largest absolute Gasteiger partial charge is 0.463 e. The molecule has 0 saturated carbocycles. The number of carbonyl (C=O) groups is 5. The van der Waals surface area contributed by atoms with Crippen LogP contribution in [-0.4, -0.2) is 71.9 Å². The zero-order valence-corrected chi connectivity index (χ0v) is 22.4. The Morgan fingerprint density at radius 1 is 0.895 bits per heavy atom. The first-order valence-electron chi connectivity index (χ1n) is 11.3. The van der Waals surface area contributed by atoms with Gasteiger partial charge in [-0.25, -0.2) is 4.98 Å². The van der Waals surface area contributed by atoms with E-state index < -0.39 is 54.5 Å². The predicted octanol–water partition coefficient (Wildman–Crippen LogP) is 2.52. The minimum absolute atomic E-state index is 0.211. The topological polar surface area (TPSA) is 156 Å². The molecule has 1 aliphatic heterocycles. The van der Waals surface area contributed by atoms with Crippen LogP contribution in [0.5, 0.6) is 0 Å². The molecule has 12 nitrogen and oxygen atoms in total. The van der Waals surface area contributed by atoms with Gasteiger partial charge in [-0.15, -0.1) is 0 Å². The van der Waals surface area contributed by atoms with Gasteiger partial charge in [0.05, 0.1) is 11.1 Å². The maximum Gasteiger partial charge on any atom is 0.303 e. The average molecular weight is 569 g/mol. The summed E-state index contributed by atoms with van der Waals surface area (Å²) in [5.41, 5.74) is 0.400. The number of ether oxygens (including phenoxy) is 5. The van der Waals surface area contributed by atoms with Crippen molar-refractivity contribution in [2.45, 2.75) is 58.3 Å². The van der Waals surface area contributed by atoms with Crippen molar-refractivity contribution in [3.8, 4) is 0 Å². The molecule has 38 heavy (non-hydrogen) atoms. The maximum atomic E-state index is 12.8. The van der Waals surface area contributed by atoms with Crippen LogP contribution in [0.4, 0.5) is 5.13 Å². The molecule has 0 amide bonds. The lowest BCUT2D eigenvalue weighted by atomic mass is 9.97. The first kappa shape index (κ1) is 29.0. The van der Waals surface area contributed by atoms with E-state index in [1.165, 1.54) is 13.1 Å². The van der Waals surface area contributed by atoms with Crippen LogP contribution in [0.3, 0.4) is 0 Å². The molecule has 0 aliphatic carbocycles. The standard InChI is InChI=1S/C24H25ClN2O10S/c1-11(28)33-10-17-20(34-12(2)29)21(35-13(3)30)22(36-14(4)31)23(37-17)27-24-26-9-18(38-24)19(32)15-5-7-16(25)8-6-15/h5-9,17,20-23H,10H2,1-4H3,(H,26,27)/t17-,20-,21+,22-,23+/m1/s1. The van der Waals surface area contributed by atoms with Crippen molar-refractivity contribution in [3.05, 3.63) is 45.9 Å². The number of benzene rings is 1. The Hall–Kier alpha value is -3.55. The van der Waals surface area contributed by atoms with Gasteiger partial charge in [-0.3, -0.25) is 24.0 Å². The SMILES string of the molecule is CC(=O)OC[C@H]1O[C@H](Nc2ncc(C(=O)c3ccc(Cl)cc3)s2)[C@H](OC(C)=O)[C@@H](OC(C)=O)[C@@H]1OC(C)=O. The third-order valence-electron chi connectivity index (χ3n) is 5.09. The van der Waals surface area contributed by atoms with Gasteiger partial charge in [-0.1, -0.05) is 22.9 Å². The number of nitrogens with one attached hydrogen (secondary N) is 1. The molecule has 1 aromatic carbocycles. The highest BCUT2D eigenvalue weighted by atomic mass is 35.5. The molecule has 1 fully saturated rings. The molecule has 1 N–H and O–H groups in total. The molecule has 5 atom stereocenters. The fraction of sp³-hybridized carbons (Fsp3) is 0.417. The van der Waals surface area contributed by atoms with E-state index in [0.717, 1.165) is 32.1 Å². The Morgan fingerprint density at radius 3 is 2.05 bits per heavy atom. The summed E-state index contributed by atoms with van der Waals surface area (Å²) in [6.45, 7) is 4.21. The smallest absolute Gasteiger partial charge is 0.303 e. The Morgan fingerprint density at radius 2 is 1.47 bits per heavy atom. The van der Waals surface area contributed by atoms with Gasteiger partial charge in [0.1, 0.15) is 12.7 Å². The lowest BCUT2D eigenvalue weighted by Gasteiger charge is -2.44.